The summed E-state index contributed by atoms with van der Waals surface area (Å²) >= 11 is 0. The normalized spacial score (nSPS) is 17.5. The van der Waals surface area contributed by atoms with Gasteiger partial charge in [-0.05, 0) is 73.1 Å². The minimum Gasteiger partial charge on any atom is -0.456 e. The standard InChI is InChI=1S/C28H31N2O/c1-17-24-22(15-20-9-13-29(4)26(17)20)31-23-16-21(18-6-10-28(2,3)11-7-18)14-19-8-12-30(5)27(24)25(19)23/h8-9,12-16,18H,6-7,10-11H2,1-5H3/q+1. The van der Waals surface area contributed by atoms with Crippen molar-refractivity contribution < 1.29 is 8.98 Å². The SMILES string of the molecule is Cc1c2c(cc3cc[n+](C)c13)oc1cc(C3CCC(C)(C)CC3)cc3ccn(C)c2c31. The van der Waals surface area contributed by atoms with Gasteiger partial charge >= 0.3 is 0 Å². The van der Waals surface area contributed by atoms with Gasteiger partial charge in [0.15, 0.2) is 6.20 Å². The van der Waals surface area contributed by atoms with Crippen LogP contribution >= 0.6 is 0 Å². The third-order valence-electron chi connectivity index (χ3n) is 7.86. The van der Waals surface area contributed by atoms with E-state index in [0.717, 1.165) is 11.2 Å². The predicted octanol–water partition coefficient (Wildman–Crippen LogP) is 7.05. The van der Waals surface area contributed by atoms with E-state index in [1.807, 2.05) is 0 Å². The van der Waals surface area contributed by atoms with Crippen molar-refractivity contribution in [3.63, 3.8) is 0 Å². The lowest BCUT2D eigenvalue weighted by Gasteiger charge is -2.34. The number of hydrogen-bond acceptors (Lipinski definition) is 1. The zero-order chi connectivity index (χ0) is 21.5. The first kappa shape index (κ1) is 18.9. The molecule has 2 aromatic carbocycles. The molecule has 1 saturated carbocycles. The molecule has 0 N–H and O–H groups in total. The maximum absolute atomic E-state index is 6.65. The molecule has 0 bridgehead atoms. The monoisotopic (exact) mass is 411 g/mol. The third-order valence-corrected chi connectivity index (χ3v) is 7.86. The average Bonchev–Trinajstić information content (AvgIpc) is 3.10. The van der Waals surface area contributed by atoms with E-state index in [1.54, 1.807) is 0 Å². The molecule has 3 aromatic heterocycles. The molecule has 1 aliphatic rings. The summed E-state index contributed by atoms with van der Waals surface area (Å²) in [4.78, 5) is 0. The van der Waals surface area contributed by atoms with Gasteiger partial charge in [-0.3, -0.25) is 0 Å². The van der Waals surface area contributed by atoms with Crippen LogP contribution in [0.25, 0.3) is 43.7 Å². The third kappa shape index (κ3) is 2.75. The second-order valence-corrected chi connectivity index (χ2v) is 10.5. The van der Waals surface area contributed by atoms with E-state index in [1.165, 1.54) is 69.4 Å². The first-order valence-electron chi connectivity index (χ1n) is 11.6. The van der Waals surface area contributed by atoms with Gasteiger partial charge in [0, 0.05) is 30.3 Å². The van der Waals surface area contributed by atoms with Crippen molar-refractivity contribution in [2.45, 2.75) is 52.4 Å². The van der Waals surface area contributed by atoms with E-state index in [-0.39, 0.29) is 0 Å². The van der Waals surface area contributed by atoms with E-state index in [9.17, 15) is 0 Å². The molecule has 3 heteroatoms. The van der Waals surface area contributed by atoms with Crippen LogP contribution in [0.3, 0.4) is 0 Å². The first-order valence-corrected chi connectivity index (χ1v) is 11.6. The summed E-state index contributed by atoms with van der Waals surface area (Å²) < 4.78 is 11.1. The molecule has 3 heterocycles. The van der Waals surface area contributed by atoms with Gasteiger partial charge in [0.1, 0.15) is 18.2 Å². The second-order valence-electron chi connectivity index (χ2n) is 10.5. The molecule has 31 heavy (non-hydrogen) atoms. The Bertz CT molecular complexity index is 1490. The van der Waals surface area contributed by atoms with Crippen molar-refractivity contribution in [3.05, 3.63) is 53.9 Å². The van der Waals surface area contributed by atoms with Crippen LogP contribution < -0.4 is 4.57 Å². The number of nitrogens with zero attached hydrogens (tertiary/aromatic N) is 2. The number of benzene rings is 2. The lowest BCUT2D eigenvalue weighted by Crippen LogP contribution is -2.25. The lowest BCUT2D eigenvalue weighted by molar-refractivity contribution is -0.642. The molecular formula is C28H31N2O+. The molecule has 1 fully saturated rings. The second kappa shape index (κ2) is 6.35. The Hall–Kier alpha value is -2.81. The number of fused-ring (bicyclic) bond motifs is 3. The molecule has 158 valence electrons. The summed E-state index contributed by atoms with van der Waals surface area (Å²) in [5.74, 6) is 0.634. The van der Waals surface area contributed by atoms with Crippen LogP contribution in [0.4, 0.5) is 0 Å². The predicted molar refractivity (Wildman–Crippen MR) is 129 cm³/mol. The first-order chi connectivity index (χ1) is 14.8. The summed E-state index contributed by atoms with van der Waals surface area (Å²) in [5.41, 5.74) is 7.76. The van der Waals surface area contributed by atoms with Crippen LogP contribution in [0.2, 0.25) is 0 Å². The highest BCUT2D eigenvalue weighted by molar-refractivity contribution is 6.19. The molecule has 3 nitrogen and oxygen atoms in total. The van der Waals surface area contributed by atoms with E-state index >= 15 is 0 Å². The van der Waals surface area contributed by atoms with Gasteiger partial charge < -0.3 is 8.98 Å². The Morgan fingerprint density at radius 3 is 2.52 bits per heavy atom. The summed E-state index contributed by atoms with van der Waals surface area (Å²) in [6, 6.07) is 11.4. The van der Waals surface area contributed by atoms with Crippen LogP contribution in [-0.2, 0) is 14.1 Å². The minimum atomic E-state index is 0.483. The number of hydrogen-bond donors (Lipinski definition) is 0. The average molecular weight is 412 g/mol. The molecule has 0 atom stereocenters. The van der Waals surface area contributed by atoms with Crippen LogP contribution in [0, 0.1) is 12.3 Å². The van der Waals surface area contributed by atoms with Crippen molar-refractivity contribution in [1.82, 2.24) is 4.57 Å². The van der Waals surface area contributed by atoms with Gasteiger partial charge in [-0.1, -0.05) is 19.9 Å². The fourth-order valence-corrected chi connectivity index (χ4v) is 5.99. The zero-order valence-corrected chi connectivity index (χ0v) is 19.2. The highest BCUT2D eigenvalue weighted by Gasteiger charge is 2.28. The van der Waals surface area contributed by atoms with Gasteiger partial charge in [-0.2, -0.15) is 0 Å². The largest absolute Gasteiger partial charge is 0.456 e. The highest BCUT2D eigenvalue weighted by atomic mass is 16.3. The molecule has 0 amide bonds. The minimum absolute atomic E-state index is 0.483. The zero-order valence-electron chi connectivity index (χ0n) is 19.2. The van der Waals surface area contributed by atoms with Crippen LogP contribution in [0.5, 0.6) is 0 Å². The molecular weight excluding hydrogens is 380 g/mol. The summed E-state index contributed by atoms with van der Waals surface area (Å²) in [5, 5.41) is 5.00. The Labute approximate surface area is 183 Å². The van der Waals surface area contributed by atoms with Crippen LogP contribution in [0.15, 0.2) is 47.1 Å². The molecule has 6 rings (SSSR count). The Morgan fingerprint density at radius 1 is 1.00 bits per heavy atom. The smallest absolute Gasteiger partial charge is 0.216 e. The number of aryl methyl sites for hydroxylation is 3. The molecule has 0 spiro atoms. The Kier molecular flexibility index (Phi) is 3.88. The quantitative estimate of drug-likeness (QED) is 0.165. The van der Waals surface area contributed by atoms with Gasteiger partial charge in [-0.15, -0.1) is 0 Å². The van der Waals surface area contributed by atoms with Crippen molar-refractivity contribution in [2.75, 3.05) is 0 Å². The maximum Gasteiger partial charge on any atom is 0.216 e. The molecule has 0 aliphatic heterocycles. The molecule has 5 aromatic rings. The number of pyridine rings is 1. The highest BCUT2D eigenvalue weighted by Crippen LogP contribution is 2.44. The van der Waals surface area contributed by atoms with Gasteiger partial charge in [0.05, 0.1) is 16.3 Å². The van der Waals surface area contributed by atoms with Gasteiger partial charge in [0.25, 0.3) is 0 Å². The topological polar surface area (TPSA) is 21.9 Å². The fourth-order valence-electron chi connectivity index (χ4n) is 5.99. The van der Waals surface area contributed by atoms with E-state index in [0.29, 0.717) is 11.3 Å². The van der Waals surface area contributed by atoms with E-state index in [4.69, 9.17) is 4.42 Å². The summed E-state index contributed by atoms with van der Waals surface area (Å²) in [7, 11) is 4.27. The fraction of sp³-hybridized carbons (Fsp3) is 0.393. The van der Waals surface area contributed by atoms with Crippen molar-refractivity contribution in [2.24, 2.45) is 19.5 Å². The van der Waals surface area contributed by atoms with Crippen molar-refractivity contribution in [3.8, 4) is 0 Å². The van der Waals surface area contributed by atoms with Crippen molar-refractivity contribution in [1.29, 1.82) is 0 Å². The van der Waals surface area contributed by atoms with E-state index < -0.39 is 0 Å². The van der Waals surface area contributed by atoms with Crippen LogP contribution in [-0.4, -0.2) is 4.57 Å². The molecule has 1 aliphatic carbocycles. The maximum atomic E-state index is 6.65. The molecule has 0 radical (unpaired) electrons. The van der Waals surface area contributed by atoms with E-state index in [2.05, 4.69) is 86.7 Å². The summed E-state index contributed by atoms with van der Waals surface area (Å²) in [6.07, 6.45) is 9.49. The van der Waals surface area contributed by atoms with Gasteiger partial charge in [-0.25, -0.2) is 4.57 Å². The number of rotatable bonds is 1. The van der Waals surface area contributed by atoms with Crippen molar-refractivity contribution >= 4 is 43.7 Å². The molecule has 0 unspecified atom stereocenters. The Balaban J connectivity index is 1.67. The van der Waals surface area contributed by atoms with Gasteiger partial charge in [0.2, 0.25) is 5.52 Å². The molecule has 0 saturated heterocycles. The number of aromatic nitrogens is 2. The Morgan fingerprint density at radius 2 is 1.74 bits per heavy atom. The lowest BCUT2D eigenvalue weighted by atomic mass is 9.71. The summed E-state index contributed by atoms with van der Waals surface area (Å²) in [6.45, 7) is 7.05. The van der Waals surface area contributed by atoms with Crippen LogP contribution in [0.1, 0.15) is 56.6 Å².